The maximum Gasteiger partial charge on any atom is 0.352 e. The molecule has 0 bridgehead atoms. The number of benzene rings is 1. The largest absolute Gasteiger partial charge is 0.477 e. The van der Waals surface area contributed by atoms with Gasteiger partial charge in [0.15, 0.2) is 11.5 Å². The predicted octanol–water partition coefficient (Wildman–Crippen LogP) is 1.10. The molecule has 0 unspecified atom stereocenters. The van der Waals surface area contributed by atoms with E-state index in [1.807, 2.05) is 0 Å². The molecule has 8 nitrogen and oxygen atoms in total. The first kappa shape index (κ1) is 17.9. The van der Waals surface area contributed by atoms with Crippen molar-refractivity contribution in [2.45, 2.75) is 20.8 Å². The Bertz CT molecular complexity index is 691. The van der Waals surface area contributed by atoms with Crippen LogP contribution in [0.5, 0.6) is 11.5 Å². The van der Waals surface area contributed by atoms with Crippen LogP contribution in [-0.4, -0.2) is 28.9 Å². The molecule has 23 heavy (non-hydrogen) atoms. The van der Waals surface area contributed by atoms with Crippen molar-refractivity contribution in [3.8, 4) is 11.5 Å². The first-order valence-electron chi connectivity index (χ1n) is 6.42. The molecule has 0 aromatic heterocycles. The zero-order valence-corrected chi connectivity index (χ0v) is 12.7. The second-order valence-corrected chi connectivity index (χ2v) is 4.44. The van der Waals surface area contributed by atoms with Gasteiger partial charge >= 0.3 is 17.9 Å². The van der Waals surface area contributed by atoms with Crippen molar-refractivity contribution in [2.75, 3.05) is 0 Å². The number of carboxylic acid groups (broad SMARTS) is 1. The van der Waals surface area contributed by atoms with E-state index in [1.54, 1.807) is 0 Å². The van der Waals surface area contributed by atoms with Crippen molar-refractivity contribution >= 4 is 29.9 Å². The maximum atomic E-state index is 11.1. The van der Waals surface area contributed by atoms with Crippen LogP contribution in [0.3, 0.4) is 0 Å². The molecule has 0 spiro atoms. The van der Waals surface area contributed by atoms with Crippen molar-refractivity contribution in [3.63, 3.8) is 0 Å². The van der Waals surface area contributed by atoms with Gasteiger partial charge in [0.05, 0.1) is 0 Å². The van der Waals surface area contributed by atoms with E-state index in [0.29, 0.717) is 5.56 Å². The number of ether oxygens (including phenoxy) is 2. The Morgan fingerprint density at radius 3 is 2.04 bits per heavy atom. The summed E-state index contributed by atoms with van der Waals surface area (Å²) in [5.41, 5.74) is -0.0326. The van der Waals surface area contributed by atoms with Crippen LogP contribution in [0.1, 0.15) is 26.3 Å². The molecule has 0 aliphatic heterocycles. The lowest BCUT2D eigenvalue weighted by atomic mass is 10.1. The summed E-state index contributed by atoms with van der Waals surface area (Å²) in [6, 6.07) is 4.10. The summed E-state index contributed by atoms with van der Waals surface area (Å²) < 4.78 is 9.83. The van der Waals surface area contributed by atoms with Crippen LogP contribution in [0.15, 0.2) is 23.9 Å². The lowest BCUT2D eigenvalue weighted by Gasteiger charge is -2.10. The fourth-order valence-electron chi connectivity index (χ4n) is 1.60. The number of carbonyl (C=O) groups excluding carboxylic acids is 3. The number of rotatable bonds is 5. The Labute approximate surface area is 131 Å². The third-order valence-corrected chi connectivity index (χ3v) is 2.33. The number of carboxylic acids is 1. The predicted molar refractivity (Wildman–Crippen MR) is 78.5 cm³/mol. The Morgan fingerprint density at radius 1 is 1.00 bits per heavy atom. The highest BCUT2D eigenvalue weighted by molar-refractivity contribution is 5.96. The molecule has 122 valence electrons. The number of hydrogen-bond acceptors (Lipinski definition) is 6. The minimum Gasteiger partial charge on any atom is -0.477 e. The molecule has 0 saturated carbocycles. The standard InChI is InChI=1S/C15H15NO7/c1-8(17)16-12(15(20)21)6-11-4-5-13(22-9(2)18)14(7-11)23-10(3)19/h4-7H,1-3H3,(H,16,17)(H,20,21). The highest BCUT2D eigenvalue weighted by Crippen LogP contribution is 2.29. The average molecular weight is 321 g/mol. The van der Waals surface area contributed by atoms with Gasteiger partial charge in [-0.1, -0.05) is 6.07 Å². The van der Waals surface area contributed by atoms with Gasteiger partial charge in [-0.25, -0.2) is 4.79 Å². The number of carbonyl (C=O) groups is 4. The van der Waals surface area contributed by atoms with Gasteiger partial charge in [-0.2, -0.15) is 0 Å². The quantitative estimate of drug-likeness (QED) is 0.473. The molecule has 0 atom stereocenters. The highest BCUT2D eigenvalue weighted by Gasteiger charge is 2.13. The number of esters is 2. The maximum absolute atomic E-state index is 11.1. The SMILES string of the molecule is CC(=O)NC(=Cc1ccc(OC(C)=O)c(OC(C)=O)c1)C(=O)O. The van der Waals surface area contributed by atoms with Gasteiger partial charge in [0.2, 0.25) is 5.91 Å². The van der Waals surface area contributed by atoms with Crippen LogP contribution >= 0.6 is 0 Å². The van der Waals surface area contributed by atoms with Gasteiger partial charge in [0, 0.05) is 20.8 Å². The van der Waals surface area contributed by atoms with E-state index >= 15 is 0 Å². The Kier molecular flexibility index (Phi) is 6.02. The van der Waals surface area contributed by atoms with E-state index in [2.05, 4.69) is 5.32 Å². The molecule has 1 amide bonds. The van der Waals surface area contributed by atoms with Gasteiger partial charge in [-0.15, -0.1) is 0 Å². The van der Waals surface area contributed by atoms with Gasteiger partial charge in [-0.3, -0.25) is 14.4 Å². The van der Waals surface area contributed by atoms with Crippen molar-refractivity contribution in [1.29, 1.82) is 0 Å². The van der Waals surface area contributed by atoms with Crippen LogP contribution in [0, 0.1) is 0 Å². The third kappa shape index (κ3) is 6.00. The van der Waals surface area contributed by atoms with Crippen molar-refractivity contribution in [3.05, 3.63) is 29.5 Å². The summed E-state index contributed by atoms with van der Waals surface area (Å²) in [7, 11) is 0. The van der Waals surface area contributed by atoms with Gasteiger partial charge < -0.3 is 19.9 Å². The molecular formula is C15H15NO7. The summed E-state index contributed by atoms with van der Waals surface area (Å²) in [6.45, 7) is 3.52. The zero-order chi connectivity index (χ0) is 17.6. The number of hydrogen-bond donors (Lipinski definition) is 2. The lowest BCUT2D eigenvalue weighted by Crippen LogP contribution is -2.24. The van der Waals surface area contributed by atoms with Crippen LogP contribution in [0.25, 0.3) is 6.08 Å². The van der Waals surface area contributed by atoms with Crippen LogP contribution in [-0.2, 0) is 19.2 Å². The zero-order valence-electron chi connectivity index (χ0n) is 12.7. The van der Waals surface area contributed by atoms with Gasteiger partial charge in [0.1, 0.15) is 5.70 Å². The van der Waals surface area contributed by atoms with Crippen molar-refractivity contribution < 1.29 is 33.8 Å². The van der Waals surface area contributed by atoms with Crippen LogP contribution in [0.2, 0.25) is 0 Å². The molecule has 0 aliphatic rings. The first-order valence-corrected chi connectivity index (χ1v) is 6.42. The smallest absolute Gasteiger partial charge is 0.352 e. The second kappa shape index (κ2) is 7.74. The molecule has 1 rings (SSSR count). The lowest BCUT2D eigenvalue weighted by molar-refractivity contribution is -0.134. The second-order valence-electron chi connectivity index (χ2n) is 4.44. The number of aliphatic carboxylic acids is 1. The van der Waals surface area contributed by atoms with Crippen LogP contribution < -0.4 is 14.8 Å². The molecule has 0 aliphatic carbocycles. The van der Waals surface area contributed by atoms with Crippen molar-refractivity contribution in [1.82, 2.24) is 5.32 Å². The summed E-state index contributed by atoms with van der Waals surface area (Å²) in [4.78, 5) is 44.2. The van der Waals surface area contributed by atoms with E-state index in [4.69, 9.17) is 14.6 Å². The monoisotopic (exact) mass is 321 g/mol. The van der Waals surface area contributed by atoms with Crippen LogP contribution in [0.4, 0.5) is 0 Å². The molecule has 0 radical (unpaired) electrons. The number of nitrogens with one attached hydrogen (secondary N) is 1. The minimum absolute atomic E-state index is 0.0150. The topological polar surface area (TPSA) is 119 Å². The Balaban J connectivity index is 3.26. The summed E-state index contributed by atoms with van der Waals surface area (Å²) in [5, 5.41) is 11.2. The van der Waals surface area contributed by atoms with Gasteiger partial charge in [-0.05, 0) is 23.8 Å². The summed E-state index contributed by atoms with van der Waals surface area (Å²) >= 11 is 0. The first-order chi connectivity index (χ1) is 10.7. The van der Waals surface area contributed by atoms with Crippen molar-refractivity contribution in [2.24, 2.45) is 0 Å². The summed E-state index contributed by atoms with van der Waals surface area (Å²) in [6.07, 6.45) is 1.17. The molecule has 2 N–H and O–H groups in total. The third-order valence-electron chi connectivity index (χ3n) is 2.33. The van der Waals surface area contributed by atoms with E-state index in [1.165, 1.54) is 45.0 Å². The average Bonchev–Trinajstić information content (AvgIpc) is 2.39. The molecule has 1 aromatic carbocycles. The fourth-order valence-corrected chi connectivity index (χ4v) is 1.60. The minimum atomic E-state index is -1.33. The van der Waals surface area contributed by atoms with E-state index in [9.17, 15) is 19.2 Å². The molecule has 0 fully saturated rings. The van der Waals surface area contributed by atoms with Gasteiger partial charge in [0.25, 0.3) is 0 Å². The fraction of sp³-hybridized carbons (Fsp3) is 0.200. The molecule has 1 aromatic rings. The van der Waals surface area contributed by atoms with E-state index in [-0.39, 0.29) is 17.2 Å². The molecule has 8 heteroatoms. The Hall–Kier alpha value is -3.16. The highest BCUT2D eigenvalue weighted by atomic mass is 16.6. The summed E-state index contributed by atoms with van der Waals surface area (Å²) in [5.74, 6) is -3.16. The normalized spacial score (nSPS) is 10.7. The number of amides is 1. The van der Waals surface area contributed by atoms with E-state index < -0.39 is 23.8 Å². The molecule has 0 heterocycles. The molecular weight excluding hydrogens is 306 g/mol. The van der Waals surface area contributed by atoms with E-state index in [0.717, 1.165) is 0 Å². The molecule has 0 saturated heterocycles. The Morgan fingerprint density at radius 2 is 1.57 bits per heavy atom.